The van der Waals surface area contributed by atoms with Crippen molar-refractivity contribution in [3.05, 3.63) is 69.4 Å². The fourth-order valence-corrected chi connectivity index (χ4v) is 3.55. The van der Waals surface area contributed by atoms with Crippen LogP contribution in [0.2, 0.25) is 0 Å². The molecule has 7 nitrogen and oxygen atoms in total. The Kier molecular flexibility index (Phi) is 4.08. The van der Waals surface area contributed by atoms with Gasteiger partial charge < -0.3 is 5.73 Å². The van der Waals surface area contributed by atoms with E-state index in [9.17, 15) is 4.79 Å². The van der Waals surface area contributed by atoms with E-state index in [2.05, 4.69) is 14.9 Å². The molecule has 0 saturated heterocycles. The van der Waals surface area contributed by atoms with Gasteiger partial charge in [0.25, 0.3) is 5.56 Å². The van der Waals surface area contributed by atoms with Gasteiger partial charge in [0, 0.05) is 50.6 Å². The number of nitrogens with two attached hydrogens (primary N) is 1. The average molecular weight is 350 g/mol. The van der Waals surface area contributed by atoms with Crippen molar-refractivity contribution in [2.24, 2.45) is 7.05 Å². The molecule has 2 aromatic heterocycles. The van der Waals surface area contributed by atoms with Crippen LogP contribution in [0.25, 0.3) is 5.69 Å². The molecule has 0 unspecified atom stereocenters. The Balaban J connectivity index is 1.64. The van der Waals surface area contributed by atoms with E-state index in [1.165, 1.54) is 0 Å². The molecule has 134 valence electrons. The van der Waals surface area contributed by atoms with Crippen LogP contribution in [0.5, 0.6) is 0 Å². The summed E-state index contributed by atoms with van der Waals surface area (Å²) in [7, 11) is 1.93. The first-order valence-corrected chi connectivity index (χ1v) is 8.70. The van der Waals surface area contributed by atoms with E-state index in [1.54, 1.807) is 10.9 Å². The predicted molar refractivity (Wildman–Crippen MR) is 100 cm³/mol. The van der Waals surface area contributed by atoms with E-state index in [-0.39, 0.29) is 5.56 Å². The fourth-order valence-electron chi connectivity index (χ4n) is 3.55. The summed E-state index contributed by atoms with van der Waals surface area (Å²) in [6, 6.07) is 9.73. The number of para-hydroxylation sites is 1. The molecule has 0 aliphatic carbocycles. The summed E-state index contributed by atoms with van der Waals surface area (Å²) in [5.74, 6) is 0.321. The van der Waals surface area contributed by atoms with Gasteiger partial charge in [-0.05, 0) is 19.1 Å². The van der Waals surface area contributed by atoms with Crippen molar-refractivity contribution < 1.29 is 0 Å². The third-order valence-corrected chi connectivity index (χ3v) is 5.09. The fraction of sp³-hybridized carbons (Fsp3) is 0.316. The van der Waals surface area contributed by atoms with Crippen molar-refractivity contribution in [3.8, 4) is 5.69 Å². The van der Waals surface area contributed by atoms with Crippen molar-refractivity contribution in [1.29, 1.82) is 0 Å². The SMILES string of the molecule is Cc1c(CN2CCc3nc(N)ncc3C2)c(=O)n(-c2ccccc2)n1C. The summed E-state index contributed by atoms with van der Waals surface area (Å²) in [5.41, 5.74) is 10.5. The van der Waals surface area contributed by atoms with E-state index in [4.69, 9.17) is 5.73 Å². The van der Waals surface area contributed by atoms with Crippen molar-refractivity contribution in [2.75, 3.05) is 12.3 Å². The molecule has 0 spiro atoms. The Labute approximate surface area is 151 Å². The number of hydrogen-bond acceptors (Lipinski definition) is 5. The largest absolute Gasteiger partial charge is 0.368 e. The normalized spacial score (nSPS) is 14.4. The number of fused-ring (bicyclic) bond motifs is 1. The van der Waals surface area contributed by atoms with Gasteiger partial charge in [-0.15, -0.1) is 0 Å². The molecule has 4 rings (SSSR count). The van der Waals surface area contributed by atoms with Crippen molar-refractivity contribution in [3.63, 3.8) is 0 Å². The molecule has 26 heavy (non-hydrogen) atoms. The van der Waals surface area contributed by atoms with Gasteiger partial charge in [0.1, 0.15) is 0 Å². The van der Waals surface area contributed by atoms with E-state index in [0.717, 1.165) is 47.7 Å². The van der Waals surface area contributed by atoms with Crippen LogP contribution in [0, 0.1) is 6.92 Å². The lowest BCUT2D eigenvalue weighted by molar-refractivity contribution is 0.242. The zero-order valence-electron chi connectivity index (χ0n) is 15.0. The van der Waals surface area contributed by atoms with E-state index < -0.39 is 0 Å². The lowest BCUT2D eigenvalue weighted by Gasteiger charge is -2.27. The Bertz CT molecular complexity index is 1000. The average Bonchev–Trinajstić information content (AvgIpc) is 2.86. The molecule has 7 heteroatoms. The van der Waals surface area contributed by atoms with Crippen LogP contribution in [0.3, 0.4) is 0 Å². The van der Waals surface area contributed by atoms with Crippen LogP contribution < -0.4 is 11.3 Å². The highest BCUT2D eigenvalue weighted by Crippen LogP contribution is 2.20. The second kappa shape index (κ2) is 6.42. The van der Waals surface area contributed by atoms with Crippen molar-refractivity contribution in [1.82, 2.24) is 24.2 Å². The number of rotatable bonds is 3. The van der Waals surface area contributed by atoms with Crippen molar-refractivity contribution in [2.45, 2.75) is 26.4 Å². The molecule has 0 amide bonds. The second-order valence-corrected chi connectivity index (χ2v) is 6.70. The number of nitrogen functional groups attached to an aromatic ring is 1. The molecule has 2 N–H and O–H groups in total. The summed E-state index contributed by atoms with van der Waals surface area (Å²) < 4.78 is 3.65. The van der Waals surface area contributed by atoms with E-state index in [1.807, 2.05) is 49.0 Å². The van der Waals surface area contributed by atoms with Crippen LogP contribution >= 0.6 is 0 Å². The zero-order valence-corrected chi connectivity index (χ0v) is 15.0. The molecule has 1 aliphatic rings. The predicted octanol–water partition coefficient (Wildman–Crippen LogP) is 1.41. The van der Waals surface area contributed by atoms with Crippen molar-refractivity contribution >= 4 is 5.95 Å². The molecule has 0 radical (unpaired) electrons. The molecule has 3 aromatic rings. The maximum Gasteiger partial charge on any atom is 0.276 e. The number of anilines is 1. The Morgan fingerprint density at radius 1 is 1.23 bits per heavy atom. The van der Waals surface area contributed by atoms with Gasteiger partial charge in [0.05, 0.1) is 16.9 Å². The smallest absolute Gasteiger partial charge is 0.276 e. The molecule has 0 atom stereocenters. The number of hydrogen-bond donors (Lipinski definition) is 1. The molecule has 0 bridgehead atoms. The molecule has 0 saturated carbocycles. The summed E-state index contributed by atoms with van der Waals surface area (Å²) in [6.07, 6.45) is 2.62. The zero-order chi connectivity index (χ0) is 18.3. The first-order valence-electron chi connectivity index (χ1n) is 8.70. The minimum absolute atomic E-state index is 0.0375. The standard InChI is InChI=1S/C19H22N6O/c1-13-16(18(26)25(23(13)2)15-6-4-3-5-7-15)12-24-9-8-17-14(11-24)10-21-19(20)22-17/h3-7,10H,8-9,11-12H2,1-2H3,(H2,20,21,22). The van der Waals surface area contributed by atoms with Gasteiger partial charge in [0.15, 0.2) is 0 Å². The molecular weight excluding hydrogens is 328 g/mol. The minimum Gasteiger partial charge on any atom is -0.368 e. The third-order valence-electron chi connectivity index (χ3n) is 5.09. The number of aromatic nitrogens is 4. The first-order chi connectivity index (χ1) is 12.5. The number of nitrogens with zero attached hydrogens (tertiary/aromatic N) is 5. The van der Waals surface area contributed by atoms with Crippen LogP contribution in [-0.4, -0.2) is 30.8 Å². The van der Waals surface area contributed by atoms with Gasteiger partial charge in [-0.25, -0.2) is 14.6 Å². The van der Waals surface area contributed by atoms with Crippen LogP contribution in [0.1, 0.15) is 22.5 Å². The Hall–Kier alpha value is -2.93. The molecule has 0 fully saturated rings. The van der Waals surface area contributed by atoms with E-state index >= 15 is 0 Å². The maximum atomic E-state index is 13.0. The number of benzene rings is 1. The quantitative estimate of drug-likeness (QED) is 0.772. The summed E-state index contributed by atoms with van der Waals surface area (Å²) in [4.78, 5) is 23.7. The first kappa shape index (κ1) is 16.5. The second-order valence-electron chi connectivity index (χ2n) is 6.70. The lowest BCUT2D eigenvalue weighted by atomic mass is 10.1. The maximum absolute atomic E-state index is 13.0. The lowest BCUT2D eigenvalue weighted by Crippen LogP contribution is -2.33. The van der Waals surface area contributed by atoms with Crippen LogP contribution in [0.4, 0.5) is 5.95 Å². The summed E-state index contributed by atoms with van der Waals surface area (Å²) >= 11 is 0. The van der Waals surface area contributed by atoms with Gasteiger partial charge in [-0.1, -0.05) is 18.2 Å². The Morgan fingerprint density at radius 3 is 2.77 bits per heavy atom. The molecule has 1 aliphatic heterocycles. The van der Waals surface area contributed by atoms with E-state index in [0.29, 0.717) is 12.5 Å². The summed E-state index contributed by atoms with van der Waals surface area (Å²) in [5, 5.41) is 0. The third kappa shape index (κ3) is 2.80. The molecular formula is C19H22N6O. The van der Waals surface area contributed by atoms with Gasteiger partial charge in [0.2, 0.25) is 5.95 Å². The molecule has 3 heterocycles. The van der Waals surface area contributed by atoms with Gasteiger partial charge >= 0.3 is 0 Å². The summed E-state index contributed by atoms with van der Waals surface area (Å²) in [6.45, 7) is 4.19. The monoisotopic (exact) mass is 350 g/mol. The topological polar surface area (TPSA) is 82.0 Å². The molecule has 1 aromatic carbocycles. The van der Waals surface area contributed by atoms with Gasteiger partial charge in [-0.2, -0.15) is 0 Å². The van der Waals surface area contributed by atoms with Crippen LogP contribution in [0.15, 0.2) is 41.3 Å². The highest BCUT2D eigenvalue weighted by molar-refractivity contribution is 5.33. The Morgan fingerprint density at radius 2 is 2.00 bits per heavy atom. The minimum atomic E-state index is 0.0375. The van der Waals surface area contributed by atoms with Crippen LogP contribution in [-0.2, 0) is 26.6 Å². The highest BCUT2D eigenvalue weighted by atomic mass is 16.1. The highest BCUT2D eigenvalue weighted by Gasteiger charge is 2.22. The van der Waals surface area contributed by atoms with Gasteiger partial charge in [-0.3, -0.25) is 14.4 Å².